The van der Waals surface area contributed by atoms with Crippen molar-refractivity contribution in [2.45, 2.75) is 25.8 Å². The summed E-state index contributed by atoms with van der Waals surface area (Å²) in [7, 11) is 5.45. The van der Waals surface area contributed by atoms with Crippen LogP contribution < -0.4 is 15.4 Å². The lowest BCUT2D eigenvalue weighted by molar-refractivity contribution is 0.0945. The fraction of sp³-hybridized carbons (Fsp3) is 0.450. The van der Waals surface area contributed by atoms with Crippen molar-refractivity contribution in [1.82, 2.24) is 19.8 Å². The second-order valence-corrected chi connectivity index (χ2v) is 7.05. The third-order valence-corrected chi connectivity index (χ3v) is 4.74. The number of para-hydroxylation sites is 2. The second kappa shape index (κ2) is 8.88. The molecule has 0 atom stereocenters. The van der Waals surface area contributed by atoms with E-state index in [4.69, 9.17) is 4.74 Å². The van der Waals surface area contributed by atoms with E-state index in [2.05, 4.69) is 15.6 Å². The quantitative estimate of drug-likeness (QED) is 0.758. The van der Waals surface area contributed by atoms with Gasteiger partial charge < -0.3 is 24.8 Å². The van der Waals surface area contributed by atoms with Crippen LogP contribution in [-0.2, 0) is 13.0 Å². The highest BCUT2D eigenvalue weighted by Gasteiger charge is 2.27. The number of nitrogens with zero attached hydrogens (tertiary/aromatic N) is 3. The van der Waals surface area contributed by atoms with Crippen molar-refractivity contribution < 1.29 is 14.3 Å². The summed E-state index contributed by atoms with van der Waals surface area (Å²) in [5.74, 6) is 0.255. The van der Waals surface area contributed by atoms with Gasteiger partial charge in [-0.1, -0.05) is 12.1 Å². The topological polar surface area (TPSA) is 88.5 Å². The summed E-state index contributed by atoms with van der Waals surface area (Å²) in [5.41, 5.74) is 1.75. The molecule has 0 fully saturated rings. The number of hydrogen-bond acceptors (Lipinski definition) is 5. The Bertz CT molecular complexity index is 860. The zero-order valence-corrected chi connectivity index (χ0v) is 16.6. The summed E-state index contributed by atoms with van der Waals surface area (Å²) in [5, 5.41) is 5.75. The molecule has 1 aromatic heterocycles. The van der Waals surface area contributed by atoms with Gasteiger partial charge in [-0.15, -0.1) is 0 Å². The Morgan fingerprint density at radius 1 is 1.21 bits per heavy atom. The van der Waals surface area contributed by atoms with Gasteiger partial charge in [0, 0.05) is 19.6 Å². The Labute approximate surface area is 164 Å². The van der Waals surface area contributed by atoms with Crippen LogP contribution in [0.3, 0.4) is 0 Å². The summed E-state index contributed by atoms with van der Waals surface area (Å²) >= 11 is 0. The Morgan fingerprint density at radius 3 is 2.75 bits per heavy atom. The molecule has 28 heavy (non-hydrogen) atoms. The standard InChI is InChI=1S/C20H27N5O3/c1-24(2)13-11-21-19(26)17-15-9-6-7-12-25(15)18(23-17)20(27)22-14-8-4-5-10-16(14)28-3/h4-5,8,10H,6-7,9,11-13H2,1-3H3,(H,21,26)(H,22,27). The van der Waals surface area contributed by atoms with Gasteiger partial charge in [-0.3, -0.25) is 9.59 Å². The van der Waals surface area contributed by atoms with Crippen molar-refractivity contribution in [2.24, 2.45) is 0 Å². The third kappa shape index (κ3) is 4.33. The molecule has 1 aliphatic rings. The van der Waals surface area contributed by atoms with Gasteiger partial charge in [0.1, 0.15) is 11.4 Å². The molecule has 2 heterocycles. The van der Waals surface area contributed by atoms with Gasteiger partial charge in [-0.2, -0.15) is 0 Å². The highest BCUT2D eigenvalue weighted by Crippen LogP contribution is 2.25. The summed E-state index contributed by atoms with van der Waals surface area (Å²) < 4.78 is 7.16. The van der Waals surface area contributed by atoms with E-state index in [-0.39, 0.29) is 17.6 Å². The van der Waals surface area contributed by atoms with E-state index in [9.17, 15) is 9.59 Å². The molecule has 0 aliphatic carbocycles. The molecular weight excluding hydrogens is 358 g/mol. The molecule has 3 rings (SSSR count). The Kier molecular flexibility index (Phi) is 6.30. The average molecular weight is 385 g/mol. The minimum absolute atomic E-state index is 0.233. The summed E-state index contributed by atoms with van der Waals surface area (Å²) in [6.45, 7) is 1.95. The number of ether oxygens (including phenoxy) is 1. The number of anilines is 1. The molecule has 2 amide bonds. The fourth-order valence-electron chi connectivity index (χ4n) is 3.30. The maximum atomic E-state index is 12.9. The smallest absolute Gasteiger partial charge is 0.291 e. The third-order valence-electron chi connectivity index (χ3n) is 4.74. The number of hydrogen-bond donors (Lipinski definition) is 2. The van der Waals surface area contributed by atoms with Crippen LogP contribution in [0.15, 0.2) is 24.3 Å². The molecule has 0 radical (unpaired) electrons. The summed E-state index contributed by atoms with van der Waals surface area (Å²) in [6, 6.07) is 7.21. The first kappa shape index (κ1) is 19.9. The largest absolute Gasteiger partial charge is 0.495 e. The molecular formula is C20H27N5O3. The van der Waals surface area contributed by atoms with Gasteiger partial charge >= 0.3 is 0 Å². The number of carbonyl (C=O) groups is 2. The molecule has 0 spiro atoms. The minimum Gasteiger partial charge on any atom is -0.495 e. The molecule has 8 heteroatoms. The van der Waals surface area contributed by atoms with Crippen LogP contribution in [0.1, 0.15) is 39.6 Å². The van der Waals surface area contributed by atoms with Crippen molar-refractivity contribution in [3.05, 3.63) is 41.5 Å². The number of carbonyl (C=O) groups excluding carboxylic acids is 2. The monoisotopic (exact) mass is 385 g/mol. The summed E-state index contributed by atoms with van der Waals surface area (Å²) in [4.78, 5) is 32.0. The van der Waals surface area contributed by atoms with Crippen LogP contribution >= 0.6 is 0 Å². The lowest BCUT2D eigenvalue weighted by Gasteiger charge is -2.17. The van der Waals surface area contributed by atoms with Crippen molar-refractivity contribution in [3.8, 4) is 5.75 Å². The predicted octanol–water partition coefficient (Wildman–Crippen LogP) is 1.77. The van der Waals surface area contributed by atoms with Crippen molar-refractivity contribution in [3.63, 3.8) is 0 Å². The first-order valence-corrected chi connectivity index (χ1v) is 9.48. The average Bonchev–Trinajstić information content (AvgIpc) is 3.08. The van der Waals surface area contributed by atoms with E-state index in [0.717, 1.165) is 31.5 Å². The van der Waals surface area contributed by atoms with Crippen LogP contribution in [-0.4, -0.2) is 60.6 Å². The number of methoxy groups -OCH3 is 1. The van der Waals surface area contributed by atoms with Crippen LogP contribution in [0.5, 0.6) is 5.75 Å². The highest BCUT2D eigenvalue weighted by atomic mass is 16.5. The number of amides is 2. The maximum absolute atomic E-state index is 12.9. The van der Waals surface area contributed by atoms with Gasteiger partial charge in [0.2, 0.25) is 0 Å². The molecule has 1 aromatic carbocycles. The molecule has 2 aromatic rings. The molecule has 150 valence electrons. The number of benzene rings is 1. The Hall–Kier alpha value is -2.87. The predicted molar refractivity (Wildman–Crippen MR) is 107 cm³/mol. The number of likely N-dealkylation sites (N-methyl/N-ethyl adjacent to an activating group) is 1. The van der Waals surface area contributed by atoms with Crippen LogP contribution in [0.4, 0.5) is 5.69 Å². The number of rotatable bonds is 7. The van der Waals surface area contributed by atoms with Gasteiger partial charge in [0.25, 0.3) is 11.8 Å². The van der Waals surface area contributed by atoms with Gasteiger partial charge in [-0.25, -0.2) is 4.98 Å². The Balaban J connectivity index is 1.84. The zero-order chi connectivity index (χ0) is 20.1. The van der Waals surface area contributed by atoms with E-state index < -0.39 is 0 Å². The van der Waals surface area contributed by atoms with Gasteiger partial charge in [-0.05, 0) is 45.5 Å². The van der Waals surface area contributed by atoms with Gasteiger partial charge in [0.15, 0.2) is 5.82 Å². The first-order valence-electron chi connectivity index (χ1n) is 9.48. The zero-order valence-electron chi connectivity index (χ0n) is 16.6. The first-order chi connectivity index (χ1) is 13.5. The number of imidazole rings is 1. The fourth-order valence-corrected chi connectivity index (χ4v) is 3.30. The normalized spacial score (nSPS) is 13.1. The molecule has 0 saturated carbocycles. The minimum atomic E-state index is -0.347. The van der Waals surface area contributed by atoms with Crippen LogP contribution in [0.2, 0.25) is 0 Å². The molecule has 0 bridgehead atoms. The lowest BCUT2D eigenvalue weighted by Crippen LogP contribution is -2.32. The number of fused-ring (bicyclic) bond motifs is 1. The van der Waals surface area contributed by atoms with E-state index in [1.165, 1.54) is 0 Å². The van der Waals surface area contributed by atoms with E-state index in [1.54, 1.807) is 19.2 Å². The van der Waals surface area contributed by atoms with Gasteiger partial charge in [0.05, 0.1) is 18.5 Å². The van der Waals surface area contributed by atoms with E-state index >= 15 is 0 Å². The maximum Gasteiger partial charge on any atom is 0.291 e. The molecule has 1 aliphatic heterocycles. The van der Waals surface area contributed by atoms with E-state index in [1.807, 2.05) is 35.7 Å². The molecule has 2 N–H and O–H groups in total. The molecule has 0 unspecified atom stereocenters. The van der Waals surface area contributed by atoms with Crippen LogP contribution in [0, 0.1) is 0 Å². The van der Waals surface area contributed by atoms with Crippen LogP contribution in [0.25, 0.3) is 0 Å². The second-order valence-electron chi connectivity index (χ2n) is 7.05. The van der Waals surface area contributed by atoms with Crippen molar-refractivity contribution >= 4 is 17.5 Å². The number of aromatic nitrogens is 2. The summed E-state index contributed by atoms with van der Waals surface area (Å²) in [6.07, 6.45) is 2.68. The SMILES string of the molecule is COc1ccccc1NC(=O)c1nc(C(=O)NCCN(C)C)c2n1CCCC2. The lowest BCUT2D eigenvalue weighted by atomic mass is 10.1. The van der Waals surface area contributed by atoms with Crippen molar-refractivity contribution in [2.75, 3.05) is 39.6 Å². The molecule has 0 saturated heterocycles. The highest BCUT2D eigenvalue weighted by molar-refractivity contribution is 6.04. The Morgan fingerprint density at radius 2 is 2.00 bits per heavy atom. The van der Waals surface area contributed by atoms with Crippen molar-refractivity contribution in [1.29, 1.82) is 0 Å². The van der Waals surface area contributed by atoms with E-state index in [0.29, 0.717) is 30.2 Å². The number of nitrogens with one attached hydrogen (secondary N) is 2. The molecule has 8 nitrogen and oxygen atoms in total.